The Bertz CT molecular complexity index is 8.00. The molecule has 0 aliphatic rings. The number of hydrogen-bond donors (Lipinski definition) is 1. The zero-order chi connectivity index (χ0) is 2.00. The van der Waals surface area contributed by atoms with E-state index in [1.807, 2.05) is 0 Å². The minimum atomic E-state index is 0. The summed E-state index contributed by atoms with van der Waals surface area (Å²) in [4.78, 5) is 0. The quantitative estimate of drug-likeness (QED) is 0.503. The van der Waals surface area contributed by atoms with E-state index in [0.717, 1.165) is 0 Å². The van der Waals surface area contributed by atoms with Crippen LogP contribution in [0, 0.1) is 0 Å². The van der Waals surface area contributed by atoms with Crippen molar-refractivity contribution in [2.24, 2.45) is 4.75 Å². The van der Waals surface area contributed by atoms with Gasteiger partial charge in [0.15, 0.2) is 0 Å². The molecule has 0 amide bonds. The molecule has 4 heavy (non-hydrogen) atoms. The van der Waals surface area contributed by atoms with E-state index >= 15 is 0 Å². The second-order valence-corrected chi connectivity index (χ2v) is 0. The van der Waals surface area contributed by atoms with Crippen LogP contribution in [0.4, 0.5) is 0 Å². The van der Waals surface area contributed by atoms with Gasteiger partial charge in [-0.3, -0.25) is 0 Å². The van der Waals surface area contributed by atoms with Crippen LogP contribution in [-0.2, 0) is 50.7 Å². The Morgan fingerprint density at radius 2 is 1.25 bits per heavy atom. The molecule has 0 saturated carbocycles. The van der Waals surface area contributed by atoms with E-state index < -0.39 is 0 Å². The second-order valence-electron chi connectivity index (χ2n) is 0. The van der Waals surface area contributed by atoms with Crippen LogP contribution in [0.1, 0.15) is 0 Å². The Balaban J connectivity index is -0.00000000500. The van der Waals surface area contributed by atoms with E-state index in [2.05, 4.69) is 21.0 Å². The fourth-order valence-electron chi connectivity index (χ4n) is 0. The second kappa shape index (κ2) is 24.1. The minimum absolute atomic E-state index is 0. The van der Waals surface area contributed by atoms with Crippen molar-refractivity contribution in [3.63, 3.8) is 0 Å². The van der Waals surface area contributed by atoms with Crippen LogP contribution >= 0.6 is 0 Å². The van der Waals surface area contributed by atoms with Crippen LogP contribution in [0.2, 0.25) is 0 Å². The molecule has 0 bridgehead atoms. The molecular weight excluding hydrogens is 184 g/mol. The molecule has 2 N–H and O–H groups in total. The zero-order valence-electron chi connectivity index (χ0n) is 1.67. The van der Waals surface area contributed by atoms with Crippen molar-refractivity contribution in [2.75, 3.05) is 0 Å². The summed E-state index contributed by atoms with van der Waals surface area (Å²) in [6.45, 7) is 0. The van der Waals surface area contributed by atoms with Gasteiger partial charge in [-0.2, -0.15) is 0 Å². The van der Waals surface area contributed by atoms with E-state index in [9.17, 15) is 0 Å². The van der Waals surface area contributed by atoms with Gasteiger partial charge in [-0.15, -0.1) is 0 Å². The summed E-state index contributed by atoms with van der Waals surface area (Å²) in [5, 5.41) is 0. The van der Waals surface area contributed by atoms with Crippen LogP contribution < -0.4 is 4.75 Å². The molecule has 0 aliphatic carbocycles. The molecule has 1 radical (unpaired) electrons. The summed E-state index contributed by atoms with van der Waals surface area (Å²) in [5.41, 5.74) is 0. The van der Waals surface area contributed by atoms with Gasteiger partial charge in [0.25, 0.3) is 0 Å². The zero-order valence-corrected chi connectivity index (χ0v) is 5.06. The third kappa shape index (κ3) is 9.65. The number of hydrogen-bond acceptors (Lipinski definition) is 1. The van der Waals surface area contributed by atoms with Gasteiger partial charge < -0.3 is 0 Å². The standard InChI is InChI=1S/Cr.Cu.Mn.H2N/h;;;1H2/q;;+1;-1. The van der Waals surface area contributed by atoms with Crippen LogP contribution in [0.5, 0.6) is 0 Å². The van der Waals surface area contributed by atoms with E-state index in [1.165, 1.54) is 0 Å². The summed E-state index contributed by atoms with van der Waals surface area (Å²) in [7, 11) is 0. The predicted octanol–water partition coefficient (Wildman–Crippen LogP) is -0.598. The predicted molar refractivity (Wildman–Crippen MR) is 4.19 cm³/mol. The van der Waals surface area contributed by atoms with Crippen molar-refractivity contribution in [3.8, 4) is 0 Å². The molecule has 0 aliphatic heterocycles. The van der Waals surface area contributed by atoms with Crippen molar-refractivity contribution in [1.82, 2.24) is 0 Å². The van der Waals surface area contributed by atoms with Crippen LogP contribution in [0.15, 0.2) is 0 Å². The fraction of sp³-hybridized carbons (Fsp3) is 0. The molecule has 0 aromatic carbocycles. The molecule has 4 heteroatoms. The Labute approximate surface area is 55.3 Å². The Morgan fingerprint density at radius 3 is 1.25 bits per heavy atom. The third-order valence-electron chi connectivity index (χ3n) is 0. The molecule has 0 fully saturated rings. The molecule has 31 valence electrons. The fourth-order valence-corrected chi connectivity index (χ4v) is 0. The van der Waals surface area contributed by atoms with Gasteiger partial charge in [0.1, 0.15) is 0 Å². The monoisotopic (exact) mass is 186 g/mol. The van der Waals surface area contributed by atoms with Gasteiger partial charge in [0.05, 0.1) is 0 Å². The number of rotatable bonds is 0. The first kappa shape index (κ1) is 17.7. The van der Waals surface area contributed by atoms with Gasteiger partial charge in [0.2, 0.25) is 0 Å². The van der Waals surface area contributed by atoms with Crippen molar-refractivity contribution >= 4 is 0 Å². The molecule has 0 aromatic heterocycles. The van der Waals surface area contributed by atoms with Gasteiger partial charge >= 0.3 is 21.0 Å². The average molecular weight is 187 g/mol. The molecule has 0 unspecified atom stereocenters. The third-order valence-corrected chi connectivity index (χ3v) is 0. The van der Waals surface area contributed by atoms with Gasteiger partial charge in [-0.05, 0) is 0 Å². The summed E-state index contributed by atoms with van der Waals surface area (Å²) in [5.74, 6) is 0. The van der Waals surface area contributed by atoms with Crippen molar-refractivity contribution in [1.29, 1.82) is 0 Å². The Kier molecular flexibility index (Phi) is 107. The molecular formula is H2CrCuMnN. The Morgan fingerprint density at radius 1 is 1.25 bits per heavy atom. The first-order valence-corrected chi connectivity index (χ1v) is 0.900. The summed E-state index contributed by atoms with van der Waals surface area (Å²) in [6, 6.07) is 0. The molecule has 0 atom stereocenters. The molecule has 0 rings (SSSR count). The van der Waals surface area contributed by atoms with E-state index in [0.29, 0.717) is 0 Å². The van der Waals surface area contributed by atoms with Crippen LogP contribution in [0.25, 0.3) is 0 Å². The van der Waals surface area contributed by atoms with E-state index in [4.69, 9.17) is 0 Å². The van der Waals surface area contributed by atoms with Gasteiger partial charge in [-0.1, -0.05) is 0 Å². The SMILES string of the molecule is [Cr].[Cu].[NH2][Mn]. The van der Waals surface area contributed by atoms with Gasteiger partial charge in [0, 0.05) is 34.4 Å². The molecule has 0 saturated heterocycles. The molecule has 0 heterocycles. The molecule has 0 spiro atoms. The topological polar surface area (TPSA) is 26.0 Å². The first-order chi connectivity index (χ1) is 1.00. The van der Waals surface area contributed by atoms with Crippen molar-refractivity contribution < 1.29 is 50.7 Å². The van der Waals surface area contributed by atoms with Crippen molar-refractivity contribution in [3.05, 3.63) is 0 Å². The molecule has 0 aromatic rings. The first-order valence-electron chi connectivity index (χ1n) is 0.218. The van der Waals surface area contributed by atoms with Crippen molar-refractivity contribution in [2.45, 2.75) is 0 Å². The van der Waals surface area contributed by atoms with Crippen LogP contribution in [-0.4, -0.2) is 0 Å². The molecule has 1 nitrogen and oxygen atoms in total. The van der Waals surface area contributed by atoms with E-state index in [1.54, 1.807) is 0 Å². The average Bonchev–Trinajstić information content (AvgIpc) is 1.00. The summed E-state index contributed by atoms with van der Waals surface area (Å²) in [6.07, 6.45) is 0. The maximum atomic E-state index is 4.31. The maximum absolute atomic E-state index is 4.31. The van der Waals surface area contributed by atoms with Crippen LogP contribution in [0.3, 0.4) is 0 Å². The normalized spacial score (nSPS) is 1.50. The number of nitrogens with two attached hydrogens (primary N) is 1. The summed E-state index contributed by atoms with van der Waals surface area (Å²) < 4.78 is 4.31. The van der Waals surface area contributed by atoms with Gasteiger partial charge in [-0.25, -0.2) is 0 Å². The Hall–Kier alpha value is 1.53. The summed E-state index contributed by atoms with van der Waals surface area (Å²) >= 11 is 2.44. The van der Waals surface area contributed by atoms with E-state index in [-0.39, 0.29) is 34.4 Å².